The molecule has 0 fully saturated rings. The Morgan fingerprint density at radius 1 is 1.23 bits per heavy atom. The monoisotopic (exact) mass is 481 g/mol. The molecule has 0 saturated carbocycles. The number of aryl methyl sites for hydroxylation is 1. The molecule has 0 saturated heterocycles. The minimum Gasteiger partial charge on any atom is -0.357 e. The van der Waals surface area contributed by atoms with Gasteiger partial charge in [-0.1, -0.05) is 12.1 Å². The molecule has 0 spiro atoms. The van der Waals surface area contributed by atoms with E-state index in [2.05, 4.69) is 20.7 Å². The molecule has 5 nitrogen and oxygen atoms in total. The summed E-state index contributed by atoms with van der Waals surface area (Å²) in [5.41, 5.74) is -0.138. The fraction of sp³-hybridized carbons (Fsp3) is 0.412. The summed E-state index contributed by atoms with van der Waals surface area (Å²) >= 11 is 0. The van der Waals surface area contributed by atoms with E-state index in [4.69, 9.17) is 0 Å². The number of alkyl halides is 3. The first-order chi connectivity index (χ1) is 12.0. The number of benzene rings is 1. The molecule has 0 atom stereocenters. The van der Waals surface area contributed by atoms with Crippen LogP contribution in [0.5, 0.6) is 0 Å². The zero-order valence-electron chi connectivity index (χ0n) is 14.5. The van der Waals surface area contributed by atoms with Crippen LogP contribution in [0.1, 0.15) is 24.5 Å². The van der Waals surface area contributed by atoms with Gasteiger partial charge in [0.1, 0.15) is 0 Å². The normalized spacial score (nSPS) is 11.8. The van der Waals surface area contributed by atoms with E-state index in [0.29, 0.717) is 24.6 Å². The summed E-state index contributed by atoms with van der Waals surface area (Å²) in [5.74, 6) is 0.584. The maximum Gasteiger partial charge on any atom is 0.416 e. The molecular weight excluding hydrogens is 458 g/mol. The summed E-state index contributed by atoms with van der Waals surface area (Å²) in [6.07, 6.45) is 0.144. The highest BCUT2D eigenvalue weighted by atomic mass is 127. The molecule has 2 rings (SSSR count). The lowest BCUT2D eigenvalue weighted by molar-refractivity contribution is -0.137. The van der Waals surface area contributed by atoms with Crippen molar-refractivity contribution < 1.29 is 13.2 Å². The zero-order valence-corrected chi connectivity index (χ0v) is 16.8. The second-order valence-corrected chi connectivity index (χ2v) is 5.44. The molecule has 0 aliphatic rings. The summed E-state index contributed by atoms with van der Waals surface area (Å²) < 4.78 is 40.1. The smallest absolute Gasteiger partial charge is 0.357 e. The molecule has 2 aromatic rings. The van der Waals surface area contributed by atoms with Crippen molar-refractivity contribution in [1.82, 2.24) is 20.4 Å². The highest BCUT2D eigenvalue weighted by Crippen LogP contribution is 2.29. The number of nitrogens with zero attached hydrogens (tertiary/aromatic N) is 3. The van der Waals surface area contributed by atoms with E-state index in [9.17, 15) is 13.2 Å². The predicted molar refractivity (Wildman–Crippen MR) is 107 cm³/mol. The molecule has 0 aliphatic heterocycles. The molecule has 1 heterocycles. The summed E-state index contributed by atoms with van der Waals surface area (Å²) in [5, 5.41) is 10.4. The second-order valence-electron chi connectivity index (χ2n) is 5.44. The van der Waals surface area contributed by atoms with Gasteiger partial charge in [-0.25, -0.2) is 4.99 Å². The zero-order chi connectivity index (χ0) is 18.1. The van der Waals surface area contributed by atoms with E-state index in [-0.39, 0.29) is 30.5 Å². The largest absolute Gasteiger partial charge is 0.416 e. The van der Waals surface area contributed by atoms with Crippen LogP contribution in [0.4, 0.5) is 13.2 Å². The van der Waals surface area contributed by atoms with E-state index in [0.717, 1.165) is 25.1 Å². The molecule has 0 unspecified atom stereocenters. The molecule has 1 aromatic carbocycles. The third kappa shape index (κ3) is 7.63. The van der Waals surface area contributed by atoms with Crippen LogP contribution in [-0.2, 0) is 19.3 Å². The number of halogens is 4. The van der Waals surface area contributed by atoms with Gasteiger partial charge in [-0.3, -0.25) is 4.68 Å². The lowest BCUT2D eigenvalue weighted by Crippen LogP contribution is -2.38. The lowest BCUT2D eigenvalue weighted by atomic mass is 10.1. The molecular formula is C17H23F3IN5. The van der Waals surface area contributed by atoms with Crippen molar-refractivity contribution in [3.63, 3.8) is 0 Å². The first-order valence-corrected chi connectivity index (χ1v) is 8.15. The van der Waals surface area contributed by atoms with Gasteiger partial charge in [0.15, 0.2) is 5.96 Å². The van der Waals surface area contributed by atoms with E-state index >= 15 is 0 Å². The summed E-state index contributed by atoms with van der Waals surface area (Å²) in [7, 11) is 0. The first-order valence-electron chi connectivity index (χ1n) is 8.15. The Kier molecular flexibility index (Phi) is 9.46. The van der Waals surface area contributed by atoms with Gasteiger partial charge >= 0.3 is 6.18 Å². The maximum absolute atomic E-state index is 12.7. The third-order valence-corrected chi connectivity index (χ3v) is 3.43. The number of aliphatic imine (C=N–C) groups is 1. The van der Waals surface area contributed by atoms with E-state index in [1.807, 2.05) is 23.9 Å². The molecule has 0 aliphatic carbocycles. The van der Waals surface area contributed by atoms with Crippen LogP contribution in [0.3, 0.4) is 0 Å². The summed E-state index contributed by atoms with van der Waals surface area (Å²) in [6.45, 7) is 4.26. The molecule has 2 N–H and O–H groups in total. The van der Waals surface area contributed by atoms with Crippen LogP contribution in [0.15, 0.2) is 47.7 Å². The Bertz CT molecular complexity index is 671. The van der Waals surface area contributed by atoms with Crippen molar-refractivity contribution in [3.8, 4) is 0 Å². The van der Waals surface area contributed by atoms with E-state index in [1.165, 1.54) is 6.07 Å². The van der Waals surface area contributed by atoms with Crippen LogP contribution in [0.2, 0.25) is 0 Å². The van der Waals surface area contributed by atoms with Gasteiger partial charge in [-0.05, 0) is 37.1 Å². The number of aromatic nitrogens is 2. The number of guanidine groups is 1. The lowest BCUT2D eigenvalue weighted by Gasteiger charge is -2.12. The van der Waals surface area contributed by atoms with E-state index < -0.39 is 11.7 Å². The highest BCUT2D eigenvalue weighted by molar-refractivity contribution is 14.0. The second kappa shape index (κ2) is 11.0. The molecule has 0 amide bonds. The van der Waals surface area contributed by atoms with Gasteiger partial charge in [-0.15, -0.1) is 24.0 Å². The topological polar surface area (TPSA) is 54.2 Å². The Morgan fingerprint density at radius 2 is 2.04 bits per heavy atom. The molecule has 26 heavy (non-hydrogen) atoms. The summed E-state index contributed by atoms with van der Waals surface area (Å²) in [4.78, 5) is 4.35. The first kappa shape index (κ1) is 22.3. The molecule has 0 bridgehead atoms. The van der Waals surface area contributed by atoms with Gasteiger partial charge in [0.2, 0.25) is 0 Å². The maximum atomic E-state index is 12.7. The molecule has 9 heteroatoms. The predicted octanol–water partition coefficient (Wildman–Crippen LogP) is 3.67. The van der Waals surface area contributed by atoms with Crippen molar-refractivity contribution in [3.05, 3.63) is 53.9 Å². The Labute approximate surface area is 168 Å². The Balaban J connectivity index is 0.00000338. The van der Waals surface area contributed by atoms with E-state index in [1.54, 1.807) is 12.3 Å². The summed E-state index contributed by atoms with van der Waals surface area (Å²) in [6, 6.07) is 7.10. The Hall–Kier alpha value is -1.78. The van der Waals surface area contributed by atoms with Crippen molar-refractivity contribution in [2.45, 2.75) is 32.6 Å². The number of nitrogens with one attached hydrogen (secondary N) is 2. The van der Waals surface area contributed by atoms with Crippen molar-refractivity contribution >= 4 is 29.9 Å². The highest BCUT2D eigenvalue weighted by Gasteiger charge is 2.30. The quantitative estimate of drug-likeness (QED) is 0.275. The van der Waals surface area contributed by atoms with Gasteiger partial charge < -0.3 is 10.6 Å². The number of hydrogen-bond acceptors (Lipinski definition) is 2. The van der Waals surface area contributed by atoms with Crippen molar-refractivity contribution in [1.29, 1.82) is 0 Å². The molecule has 0 radical (unpaired) electrons. The van der Waals surface area contributed by atoms with Crippen molar-refractivity contribution in [2.75, 3.05) is 13.1 Å². The van der Waals surface area contributed by atoms with Crippen LogP contribution in [0, 0.1) is 0 Å². The fourth-order valence-corrected chi connectivity index (χ4v) is 2.24. The van der Waals surface area contributed by atoms with Crippen molar-refractivity contribution in [2.24, 2.45) is 4.99 Å². The average molecular weight is 481 g/mol. The standard InChI is InChI=1S/C17H22F3N5.HI/c1-2-21-16(22-8-4-10-25-11-5-9-24-25)23-13-14-6-3-7-15(12-14)17(18,19)20;/h3,5-7,9,11-12H,2,4,8,10,13H2,1H3,(H2,21,22,23);1H. The van der Waals surface area contributed by atoms with Gasteiger partial charge in [0.25, 0.3) is 0 Å². The number of rotatable bonds is 7. The minimum atomic E-state index is -4.34. The number of hydrogen-bond donors (Lipinski definition) is 2. The van der Waals surface area contributed by atoms with Gasteiger partial charge in [0, 0.05) is 32.0 Å². The van der Waals surface area contributed by atoms with Crippen LogP contribution in [0.25, 0.3) is 0 Å². The van der Waals surface area contributed by atoms with Crippen LogP contribution < -0.4 is 10.6 Å². The third-order valence-electron chi connectivity index (χ3n) is 3.43. The SMILES string of the molecule is CCNC(=NCc1cccc(C(F)(F)F)c1)NCCCn1cccn1.I. The minimum absolute atomic E-state index is 0. The Morgan fingerprint density at radius 3 is 2.69 bits per heavy atom. The van der Waals surface area contributed by atoms with Gasteiger partial charge in [0.05, 0.1) is 12.1 Å². The van der Waals surface area contributed by atoms with Crippen LogP contribution >= 0.6 is 24.0 Å². The van der Waals surface area contributed by atoms with Crippen LogP contribution in [-0.4, -0.2) is 28.8 Å². The molecule has 144 valence electrons. The average Bonchev–Trinajstić information content (AvgIpc) is 3.09. The molecule has 1 aromatic heterocycles. The van der Waals surface area contributed by atoms with Gasteiger partial charge in [-0.2, -0.15) is 18.3 Å². The fourth-order valence-electron chi connectivity index (χ4n) is 2.24.